The predicted molar refractivity (Wildman–Crippen MR) is 414 cm³/mol. The van der Waals surface area contributed by atoms with Gasteiger partial charge >= 0.3 is 39.5 Å². The molecule has 0 fully saturated rings. The number of carbonyl (C=O) groups excluding carboxylic acids is 4. The lowest BCUT2D eigenvalue weighted by Crippen LogP contribution is -2.30. The van der Waals surface area contributed by atoms with Crippen LogP contribution in [-0.4, -0.2) is 96.7 Å². The molecule has 0 aromatic heterocycles. The highest BCUT2D eigenvalue weighted by molar-refractivity contribution is 7.47. The molecular weight excluding hydrogens is 1320 g/mol. The molecule has 19 heteroatoms. The lowest BCUT2D eigenvalue weighted by atomic mass is 10.0. The molecule has 5 atom stereocenters. The molecule has 0 aromatic rings. The number of unbranched alkanes of at least 4 members (excludes halogenated alkanes) is 54. The number of esters is 4. The predicted octanol–water partition coefficient (Wildman–Crippen LogP) is 24.8. The van der Waals surface area contributed by atoms with E-state index < -0.39 is 97.5 Å². The molecule has 0 radical (unpaired) electrons. The van der Waals surface area contributed by atoms with Crippen LogP contribution in [0.2, 0.25) is 0 Å². The van der Waals surface area contributed by atoms with Crippen molar-refractivity contribution in [3.63, 3.8) is 0 Å². The summed E-state index contributed by atoms with van der Waals surface area (Å²) < 4.78 is 68.8. The molecule has 0 amide bonds. The van der Waals surface area contributed by atoms with Gasteiger partial charge in [0.05, 0.1) is 26.4 Å². The number of hydrogen-bond donors (Lipinski definition) is 3. The van der Waals surface area contributed by atoms with E-state index in [0.717, 1.165) is 95.8 Å². The van der Waals surface area contributed by atoms with Crippen LogP contribution in [0, 0.1) is 5.92 Å². The number of rotatable bonds is 82. The van der Waals surface area contributed by atoms with Gasteiger partial charge in [-0.25, -0.2) is 9.13 Å². The van der Waals surface area contributed by atoms with Crippen molar-refractivity contribution in [3.05, 3.63) is 0 Å². The van der Waals surface area contributed by atoms with E-state index in [0.29, 0.717) is 25.7 Å². The van der Waals surface area contributed by atoms with Gasteiger partial charge in [-0.1, -0.05) is 388 Å². The molecule has 0 bridgehead atoms. The van der Waals surface area contributed by atoms with Crippen molar-refractivity contribution in [2.24, 2.45) is 5.92 Å². The molecule has 3 N–H and O–H groups in total. The monoisotopic (exact) mass is 1480 g/mol. The average molecular weight is 1480 g/mol. The summed E-state index contributed by atoms with van der Waals surface area (Å²) >= 11 is 0. The number of phosphoric ester groups is 2. The quantitative estimate of drug-likeness (QED) is 0.0222. The molecule has 2 unspecified atom stereocenters. The van der Waals surface area contributed by atoms with E-state index in [1.165, 1.54) is 263 Å². The standard InChI is InChI=1S/C82H160O17P2/c1-6-9-12-15-18-21-24-26-28-30-34-37-41-46-51-56-61-66-80(85)93-72-78(99-82(87)68-63-58-53-48-43-39-35-31-32-36-40-44-49-54-59-64-75(4)5)74-97-101(90,91)95-70-76(83)69-94-100(88,89)96-73-77(71-92-79(84)65-60-55-50-45-23-20-17-14-11-8-3)98-81(86)67-62-57-52-47-42-38-33-29-27-25-22-19-16-13-10-7-2/h75-78,83H,6-74H2,1-5H3,(H,88,89)(H,90,91)/t76-,77+,78+/m0/s1. The van der Waals surface area contributed by atoms with Gasteiger partial charge in [0.25, 0.3) is 0 Å². The van der Waals surface area contributed by atoms with Crippen molar-refractivity contribution < 1.29 is 80.2 Å². The van der Waals surface area contributed by atoms with Crippen LogP contribution in [-0.2, 0) is 65.4 Å². The second kappa shape index (κ2) is 74.9. The topological polar surface area (TPSA) is 237 Å². The van der Waals surface area contributed by atoms with Gasteiger partial charge in [0, 0.05) is 25.7 Å². The van der Waals surface area contributed by atoms with Crippen molar-refractivity contribution in [2.75, 3.05) is 39.6 Å². The summed E-state index contributed by atoms with van der Waals surface area (Å²) in [7, 11) is -9.92. The molecule has 17 nitrogen and oxygen atoms in total. The number of aliphatic hydroxyl groups is 1. The summed E-state index contributed by atoms with van der Waals surface area (Å²) in [5.41, 5.74) is 0. The Bertz CT molecular complexity index is 1930. The molecule has 0 aliphatic carbocycles. The Labute approximate surface area is 619 Å². The minimum Gasteiger partial charge on any atom is -0.462 e. The van der Waals surface area contributed by atoms with Gasteiger partial charge in [-0.3, -0.25) is 37.3 Å². The van der Waals surface area contributed by atoms with E-state index in [1.807, 2.05) is 0 Å². The van der Waals surface area contributed by atoms with Gasteiger partial charge < -0.3 is 33.8 Å². The normalized spacial score (nSPS) is 13.8. The molecule has 0 rings (SSSR count). The Morgan fingerprint density at radius 3 is 0.673 bits per heavy atom. The molecule has 0 heterocycles. The van der Waals surface area contributed by atoms with E-state index in [-0.39, 0.29) is 25.7 Å². The molecule has 0 aromatic carbocycles. The third-order valence-corrected chi connectivity index (χ3v) is 21.2. The first kappa shape index (κ1) is 99.1. The Kier molecular flexibility index (Phi) is 73.5. The molecule has 0 saturated heterocycles. The maximum absolute atomic E-state index is 13.1. The van der Waals surface area contributed by atoms with Crippen molar-refractivity contribution in [1.82, 2.24) is 0 Å². The second-order valence-electron chi connectivity index (χ2n) is 30.0. The summed E-state index contributed by atoms with van der Waals surface area (Å²) in [5.74, 6) is -1.30. The fraction of sp³-hybridized carbons (Fsp3) is 0.951. The number of aliphatic hydroxyl groups excluding tert-OH is 1. The second-order valence-corrected chi connectivity index (χ2v) is 32.9. The highest BCUT2D eigenvalue weighted by Gasteiger charge is 2.30. The van der Waals surface area contributed by atoms with Gasteiger partial charge in [-0.15, -0.1) is 0 Å². The minimum atomic E-state index is -4.96. The van der Waals surface area contributed by atoms with E-state index in [4.69, 9.17) is 37.0 Å². The first-order chi connectivity index (χ1) is 49.0. The van der Waals surface area contributed by atoms with Crippen molar-refractivity contribution in [2.45, 2.75) is 457 Å². The van der Waals surface area contributed by atoms with Crippen molar-refractivity contribution >= 4 is 39.5 Å². The Morgan fingerprint density at radius 2 is 0.455 bits per heavy atom. The summed E-state index contributed by atoms with van der Waals surface area (Å²) in [6, 6.07) is 0. The maximum atomic E-state index is 13.1. The fourth-order valence-electron chi connectivity index (χ4n) is 12.8. The van der Waals surface area contributed by atoms with Crippen LogP contribution in [0.4, 0.5) is 0 Å². The van der Waals surface area contributed by atoms with E-state index >= 15 is 0 Å². The fourth-order valence-corrected chi connectivity index (χ4v) is 14.3. The average Bonchev–Trinajstić information content (AvgIpc) is 1.15. The first-order valence-electron chi connectivity index (χ1n) is 42.6. The van der Waals surface area contributed by atoms with Gasteiger partial charge in [0.1, 0.15) is 19.3 Å². The van der Waals surface area contributed by atoms with Gasteiger partial charge in [-0.2, -0.15) is 0 Å². The summed E-state index contributed by atoms with van der Waals surface area (Å²) in [4.78, 5) is 73.1. The summed E-state index contributed by atoms with van der Waals surface area (Å²) in [6.45, 7) is 7.37. The SMILES string of the molecule is CCCCCCCCCCCCCCCCCCCC(=O)OC[C@H](COP(=O)(O)OC[C@@H](O)COP(=O)(O)OC[C@@H](COC(=O)CCCCCCCCCCCC)OC(=O)CCCCCCCCCCCCCCCCCC)OC(=O)CCCCCCCCCCCCCCCCCC(C)C. The lowest BCUT2D eigenvalue weighted by molar-refractivity contribution is -0.161. The van der Waals surface area contributed by atoms with Crippen LogP contribution in [0.25, 0.3) is 0 Å². The number of phosphoric acid groups is 2. The summed E-state index contributed by atoms with van der Waals surface area (Å²) in [6.07, 6.45) is 66.5. The van der Waals surface area contributed by atoms with E-state index in [2.05, 4.69) is 34.6 Å². The van der Waals surface area contributed by atoms with Crippen LogP contribution in [0.5, 0.6) is 0 Å². The zero-order valence-corrected chi connectivity index (χ0v) is 67.8. The maximum Gasteiger partial charge on any atom is 0.472 e. The highest BCUT2D eigenvalue weighted by atomic mass is 31.2. The first-order valence-corrected chi connectivity index (χ1v) is 45.6. The molecule has 600 valence electrons. The lowest BCUT2D eigenvalue weighted by Gasteiger charge is -2.21. The van der Waals surface area contributed by atoms with Crippen LogP contribution >= 0.6 is 15.6 Å². The van der Waals surface area contributed by atoms with Crippen LogP contribution in [0.1, 0.15) is 439 Å². The summed E-state index contributed by atoms with van der Waals surface area (Å²) in [5, 5.41) is 10.6. The zero-order chi connectivity index (χ0) is 74.1. The van der Waals surface area contributed by atoms with Crippen molar-refractivity contribution in [1.29, 1.82) is 0 Å². The molecule has 101 heavy (non-hydrogen) atoms. The number of ether oxygens (including phenoxy) is 4. The Morgan fingerprint density at radius 1 is 0.267 bits per heavy atom. The van der Waals surface area contributed by atoms with Crippen LogP contribution < -0.4 is 0 Å². The van der Waals surface area contributed by atoms with Gasteiger partial charge in [0.15, 0.2) is 12.2 Å². The van der Waals surface area contributed by atoms with Crippen LogP contribution in [0.15, 0.2) is 0 Å². The van der Waals surface area contributed by atoms with Crippen molar-refractivity contribution in [3.8, 4) is 0 Å². The molecule has 0 aliphatic heterocycles. The van der Waals surface area contributed by atoms with Crippen LogP contribution in [0.3, 0.4) is 0 Å². The van der Waals surface area contributed by atoms with E-state index in [9.17, 15) is 43.2 Å². The molecule has 0 spiro atoms. The number of hydrogen-bond acceptors (Lipinski definition) is 15. The third kappa shape index (κ3) is 76.1. The minimum absolute atomic E-state index is 0.109. The number of carbonyl (C=O) groups is 4. The smallest absolute Gasteiger partial charge is 0.462 e. The van der Waals surface area contributed by atoms with Gasteiger partial charge in [0.2, 0.25) is 0 Å². The van der Waals surface area contributed by atoms with E-state index in [1.54, 1.807) is 0 Å². The Balaban J connectivity index is 5.24. The third-order valence-electron chi connectivity index (χ3n) is 19.3. The Hall–Kier alpha value is -1.94. The zero-order valence-electron chi connectivity index (χ0n) is 66.1. The molecule has 0 saturated carbocycles. The highest BCUT2D eigenvalue weighted by Crippen LogP contribution is 2.45. The van der Waals surface area contributed by atoms with Gasteiger partial charge in [-0.05, 0) is 31.6 Å². The molecule has 0 aliphatic rings. The molecular formula is C82H160O17P2. The largest absolute Gasteiger partial charge is 0.472 e.